The van der Waals surface area contributed by atoms with Crippen LogP contribution in [0.2, 0.25) is 0 Å². The van der Waals surface area contributed by atoms with E-state index in [4.69, 9.17) is 5.11 Å². The summed E-state index contributed by atoms with van der Waals surface area (Å²) in [6, 6.07) is 37.4. The Labute approximate surface area is 434 Å². The maximum Gasteiger partial charge on any atom is 0.573 e. The molecule has 0 aliphatic carbocycles. The van der Waals surface area contributed by atoms with E-state index >= 15 is 0 Å². The van der Waals surface area contributed by atoms with E-state index in [9.17, 15) is 32.3 Å². The van der Waals surface area contributed by atoms with Gasteiger partial charge in [-0.05, 0) is 120 Å². The van der Waals surface area contributed by atoms with Gasteiger partial charge in [-0.25, -0.2) is 0 Å². The number of unbranched alkanes of at least 4 members (excludes halogenated alkanes) is 2. The lowest BCUT2D eigenvalue weighted by molar-refractivity contribution is -0.274. The van der Waals surface area contributed by atoms with Crippen LogP contribution in [0.25, 0.3) is 11.1 Å². The average molecular weight is 1080 g/mol. The Kier molecular flexibility index (Phi) is 25.1. The zero-order chi connectivity index (χ0) is 51.8. The molecule has 382 valence electrons. The third kappa shape index (κ3) is 22.0. The molecular weight excluding hydrogens is 1010 g/mol. The van der Waals surface area contributed by atoms with Gasteiger partial charge in [-0.3, -0.25) is 19.2 Å². The number of esters is 1. The number of benzene rings is 5. The van der Waals surface area contributed by atoms with Crippen molar-refractivity contribution in [1.82, 2.24) is 10.6 Å². The molecule has 4 atom stereocenters. The van der Waals surface area contributed by atoms with Gasteiger partial charge < -0.3 is 25.2 Å². The summed E-state index contributed by atoms with van der Waals surface area (Å²) in [6.07, 6.45) is 4.49. The van der Waals surface area contributed by atoms with Crippen molar-refractivity contribution < 1.29 is 46.9 Å². The van der Waals surface area contributed by atoms with Gasteiger partial charge in [0.25, 0.3) is 11.8 Å². The third-order valence-corrected chi connectivity index (χ3v) is 14.7. The summed E-state index contributed by atoms with van der Waals surface area (Å²) in [5, 5.41) is 14.6. The molecule has 9 nitrogen and oxygen atoms in total. The van der Waals surface area contributed by atoms with E-state index in [1.54, 1.807) is 36.0 Å². The number of hydrogen-bond donors (Lipinski definition) is 3. The van der Waals surface area contributed by atoms with Crippen LogP contribution < -0.4 is 15.4 Å². The minimum absolute atomic E-state index is 0.0742. The maximum absolute atomic E-state index is 12.4. The van der Waals surface area contributed by atoms with Crippen molar-refractivity contribution in [2.24, 2.45) is 11.8 Å². The van der Waals surface area contributed by atoms with Crippen molar-refractivity contribution in [3.05, 3.63) is 148 Å². The van der Waals surface area contributed by atoms with E-state index in [1.807, 2.05) is 60.3 Å². The smallest absolute Gasteiger partial charge is 0.481 e. The summed E-state index contributed by atoms with van der Waals surface area (Å²) in [5.41, 5.74) is 5.07. The van der Waals surface area contributed by atoms with E-state index in [1.165, 1.54) is 49.0 Å². The Morgan fingerprint density at radius 1 is 0.620 bits per heavy atom. The van der Waals surface area contributed by atoms with E-state index in [0.29, 0.717) is 28.2 Å². The molecule has 0 fully saturated rings. The molecule has 3 N–H and O–H groups in total. The van der Waals surface area contributed by atoms with Gasteiger partial charge in [0.15, 0.2) is 0 Å². The van der Waals surface area contributed by atoms with Crippen molar-refractivity contribution in [3.8, 4) is 16.9 Å². The monoisotopic (exact) mass is 1080 g/mol. The second kappa shape index (κ2) is 30.6. The number of carbonyl (C=O) groups is 4. The summed E-state index contributed by atoms with van der Waals surface area (Å²) < 4.78 is 46.9. The number of aliphatic carboxylic acids is 1. The lowest BCUT2D eigenvalue weighted by atomic mass is 9.95. The van der Waals surface area contributed by atoms with Gasteiger partial charge in [0, 0.05) is 49.0 Å². The number of amides is 2. The van der Waals surface area contributed by atoms with Gasteiger partial charge in [0.1, 0.15) is 5.75 Å². The van der Waals surface area contributed by atoms with Crippen LogP contribution in [0.1, 0.15) is 134 Å². The molecule has 2 amide bonds. The number of ether oxygens (including phenoxy) is 2. The van der Waals surface area contributed by atoms with Crippen LogP contribution in [0.15, 0.2) is 136 Å². The molecule has 5 aromatic rings. The molecule has 0 saturated heterocycles. The standard InChI is InChI=1S/C31H34F3NO4S.C25H32BrNO3S/c1-3-4-5-21(2)20-28(24-6-8-25(9-7-24)30(38)35-19-18-29(36)37)40-27-16-12-23(13-17-27)22-10-14-26(15-11-22)39-31(32,33)34;1-4-5-6-18(2)17-23(31-22-13-11-21(26)12-14-22)19-7-9-20(10-8-19)25(29)27-16-15-24(28)30-3/h6-17,21,28H,3-5,18-20H2,1-2H3,(H,35,38)(H,36,37);7-14,18,23H,4-6,15-17H2,1-3H3,(H,27,29). The maximum atomic E-state index is 12.4. The van der Waals surface area contributed by atoms with Gasteiger partial charge in [0.2, 0.25) is 0 Å². The van der Waals surface area contributed by atoms with Gasteiger partial charge in [-0.2, -0.15) is 0 Å². The zero-order valence-corrected chi connectivity index (χ0v) is 44.3. The molecule has 0 radical (unpaired) electrons. The van der Waals surface area contributed by atoms with Gasteiger partial charge in [0.05, 0.1) is 20.0 Å². The van der Waals surface area contributed by atoms with E-state index < -0.39 is 12.3 Å². The Balaban J connectivity index is 0.000000319. The first-order valence-electron chi connectivity index (χ1n) is 24.1. The predicted octanol–water partition coefficient (Wildman–Crippen LogP) is 15.3. The molecule has 71 heavy (non-hydrogen) atoms. The predicted molar refractivity (Wildman–Crippen MR) is 283 cm³/mol. The number of alkyl halides is 3. The molecule has 0 aliphatic heterocycles. The number of carboxylic acid groups (broad SMARTS) is 1. The van der Waals surface area contributed by atoms with Gasteiger partial charge >= 0.3 is 18.3 Å². The first kappa shape index (κ1) is 58.3. The fraction of sp³-hybridized carbons (Fsp3) is 0.393. The number of methoxy groups -OCH3 is 1. The Morgan fingerprint density at radius 2 is 1.03 bits per heavy atom. The third-order valence-electron chi connectivity index (χ3n) is 11.5. The highest BCUT2D eigenvalue weighted by molar-refractivity contribution is 9.10. The second-order valence-electron chi connectivity index (χ2n) is 17.5. The first-order chi connectivity index (χ1) is 34.0. The number of carboxylic acids is 1. The number of carbonyl (C=O) groups excluding carboxylic acids is 3. The van der Waals surface area contributed by atoms with Crippen LogP contribution in [0, 0.1) is 11.8 Å². The number of thioether (sulfide) groups is 2. The molecule has 0 heterocycles. The summed E-state index contributed by atoms with van der Waals surface area (Å²) in [7, 11) is 1.34. The lowest BCUT2D eigenvalue weighted by Crippen LogP contribution is -2.26. The van der Waals surface area contributed by atoms with Crippen molar-refractivity contribution in [1.29, 1.82) is 0 Å². The summed E-state index contributed by atoms with van der Waals surface area (Å²) in [5.74, 6) is -0.893. The van der Waals surface area contributed by atoms with Gasteiger partial charge in [-0.1, -0.05) is 131 Å². The Bertz CT molecular complexity index is 2390. The fourth-order valence-electron chi connectivity index (χ4n) is 7.56. The number of hydrogen-bond acceptors (Lipinski definition) is 8. The molecule has 15 heteroatoms. The van der Waals surface area contributed by atoms with Gasteiger partial charge in [-0.15, -0.1) is 36.7 Å². The topological polar surface area (TPSA) is 131 Å². The molecule has 5 aromatic carbocycles. The molecule has 0 bridgehead atoms. The molecule has 0 saturated carbocycles. The number of rotatable bonds is 26. The molecule has 5 rings (SSSR count). The van der Waals surface area contributed by atoms with Crippen LogP contribution in [0.4, 0.5) is 13.2 Å². The minimum Gasteiger partial charge on any atom is -0.481 e. The van der Waals surface area contributed by atoms with E-state index in [-0.39, 0.29) is 54.7 Å². The quantitative estimate of drug-likeness (QED) is 0.0366. The van der Waals surface area contributed by atoms with Crippen LogP contribution >= 0.6 is 39.5 Å². The van der Waals surface area contributed by atoms with Crippen molar-refractivity contribution >= 4 is 63.2 Å². The average Bonchev–Trinajstić information content (AvgIpc) is 3.35. The van der Waals surface area contributed by atoms with Crippen molar-refractivity contribution in [3.63, 3.8) is 0 Å². The van der Waals surface area contributed by atoms with Crippen molar-refractivity contribution in [2.75, 3.05) is 20.2 Å². The molecular formula is C56H66BrF3N2O7S2. The molecule has 0 aromatic heterocycles. The summed E-state index contributed by atoms with van der Waals surface area (Å²) >= 11 is 7.11. The summed E-state index contributed by atoms with van der Waals surface area (Å²) in [6.45, 7) is 9.33. The zero-order valence-electron chi connectivity index (χ0n) is 41.1. The Hall–Kier alpha value is -5.25. The molecule has 0 spiro atoms. The normalized spacial score (nSPS) is 12.9. The van der Waals surface area contributed by atoms with Crippen LogP contribution in [0.5, 0.6) is 5.75 Å². The van der Waals surface area contributed by atoms with Crippen LogP contribution in [-0.2, 0) is 14.3 Å². The van der Waals surface area contributed by atoms with E-state index in [2.05, 4.69) is 100 Å². The first-order valence-corrected chi connectivity index (χ1v) is 26.6. The highest BCUT2D eigenvalue weighted by Gasteiger charge is 2.31. The lowest BCUT2D eigenvalue weighted by Gasteiger charge is -2.22. The fourth-order valence-corrected chi connectivity index (χ4v) is 10.5. The second-order valence-corrected chi connectivity index (χ2v) is 20.9. The van der Waals surface area contributed by atoms with Crippen molar-refractivity contribution in [2.45, 2.75) is 119 Å². The Morgan fingerprint density at radius 3 is 1.42 bits per heavy atom. The largest absolute Gasteiger partial charge is 0.573 e. The molecule has 4 unspecified atom stereocenters. The number of nitrogens with one attached hydrogen (secondary N) is 2. The highest BCUT2D eigenvalue weighted by atomic mass is 79.9. The summed E-state index contributed by atoms with van der Waals surface area (Å²) in [4.78, 5) is 48.9. The SMILES string of the molecule is CCCCC(C)CC(Sc1ccc(-c2ccc(OC(F)(F)F)cc2)cc1)c1ccc(C(=O)NCCC(=O)O)cc1.CCCCC(C)CC(Sc1ccc(Br)cc1)c1ccc(C(=O)NCCC(=O)OC)cc1. The minimum atomic E-state index is -4.72. The number of halogens is 4. The van der Waals surface area contributed by atoms with Crippen LogP contribution in [-0.4, -0.2) is 55.4 Å². The van der Waals surface area contributed by atoms with E-state index in [0.717, 1.165) is 58.2 Å². The highest BCUT2D eigenvalue weighted by Crippen LogP contribution is 2.43. The van der Waals surface area contributed by atoms with Crippen LogP contribution in [0.3, 0.4) is 0 Å². The molecule has 0 aliphatic rings.